The highest BCUT2D eigenvalue weighted by molar-refractivity contribution is 5.97. The molecule has 2 rings (SSSR count). The maximum absolute atomic E-state index is 11.5. The summed E-state index contributed by atoms with van der Waals surface area (Å²) in [4.78, 5) is 11.5. The van der Waals surface area contributed by atoms with Crippen LogP contribution in [0.1, 0.15) is 0 Å². The molecular weight excluding hydrogens is 228 g/mol. The molecule has 0 aliphatic heterocycles. The van der Waals surface area contributed by atoms with Gasteiger partial charge >= 0.3 is 0 Å². The largest absolute Gasteiger partial charge is 0.496 e. The Bertz CT molecular complexity index is 567. The summed E-state index contributed by atoms with van der Waals surface area (Å²) < 4.78 is 5.34. The summed E-state index contributed by atoms with van der Waals surface area (Å²) in [6.07, 6.45) is 0. The first-order valence-electron chi connectivity index (χ1n) is 5.76. The van der Waals surface area contributed by atoms with E-state index < -0.39 is 0 Å². The second-order valence-corrected chi connectivity index (χ2v) is 3.98. The zero-order valence-electron chi connectivity index (χ0n) is 10.5. The lowest BCUT2D eigenvalue weighted by molar-refractivity contribution is -0.115. The highest BCUT2D eigenvalue weighted by Crippen LogP contribution is 2.29. The maximum Gasteiger partial charge on any atom is 0.238 e. The van der Waals surface area contributed by atoms with Crippen LogP contribution in [0.5, 0.6) is 5.75 Å². The lowest BCUT2D eigenvalue weighted by Gasteiger charge is -2.10. The Balaban J connectivity index is 2.37. The number of amides is 1. The predicted molar refractivity (Wildman–Crippen MR) is 73.1 cm³/mol. The minimum atomic E-state index is -0.0742. The second-order valence-electron chi connectivity index (χ2n) is 3.98. The minimum absolute atomic E-state index is 0.0742. The van der Waals surface area contributed by atoms with Gasteiger partial charge in [-0.15, -0.1) is 0 Å². The third-order valence-electron chi connectivity index (χ3n) is 2.66. The van der Waals surface area contributed by atoms with E-state index in [0.29, 0.717) is 0 Å². The maximum atomic E-state index is 11.5. The van der Waals surface area contributed by atoms with Crippen molar-refractivity contribution in [2.45, 2.75) is 0 Å². The van der Waals surface area contributed by atoms with Gasteiger partial charge in [-0.1, -0.05) is 24.3 Å². The number of likely N-dealkylation sites (N-methyl/N-ethyl adjacent to an activating group) is 1. The smallest absolute Gasteiger partial charge is 0.238 e. The number of ether oxygens (including phenoxy) is 1. The molecule has 0 saturated heterocycles. The van der Waals surface area contributed by atoms with E-state index in [2.05, 4.69) is 10.6 Å². The van der Waals surface area contributed by atoms with Crippen LogP contribution >= 0.6 is 0 Å². The summed E-state index contributed by atoms with van der Waals surface area (Å²) >= 11 is 0. The zero-order chi connectivity index (χ0) is 13.0. The van der Waals surface area contributed by atoms with Gasteiger partial charge in [0, 0.05) is 17.1 Å². The molecule has 0 atom stereocenters. The van der Waals surface area contributed by atoms with Gasteiger partial charge in [-0.2, -0.15) is 0 Å². The average Bonchev–Trinajstić information content (AvgIpc) is 2.38. The number of nitrogens with one attached hydrogen (secondary N) is 2. The minimum Gasteiger partial charge on any atom is -0.496 e. The van der Waals surface area contributed by atoms with Gasteiger partial charge in [-0.3, -0.25) is 4.79 Å². The summed E-state index contributed by atoms with van der Waals surface area (Å²) in [5.74, 6) is 0.683. The normalized spacial score (nSPS) is 10.3. The van der Waals surface area contributed by atoms with Crippen molar-refractivity contribution >= 4 is 22.4 Å². The van der Waals surface area contributed by atoms with Gasteiger partial charge < -0.3 is 15.4 Å². The van der Waals surface area contributed by atoms with Crippen molar-refractivity contribution in [3.05, 3.63) is 36.4 Å². The fourth-order valence-electron chi connectivity index (χ4n) is 1.88. The Kier molecular flexibility index (Phi) is 3.79. The Hall–Kier alpha value is -2.07. The van der Waals surface area contributed by atoms with Gasteiger partial charge in [0.1, 0.15) is 5.75 Å². The Morgan fingerprint density at radius 3 is 2.78 bits per heavy atom. The van der Waals surface area contributed by atoms with E-state index in [0.717, 1.165) is 22.2 Å². The van der Waals surface area contributed by atoms with Crippen molar-refractivity contribution in [3.63, 3.8) is 0 Å². The quantitative estimate of drug-likeness (QED) is 0.865. The molecule has 0 aliphatic rings. The van der Waals surface area contributed by atoms with Crippen molar-refractivity contribution in [1.29, 1.82) is 0 Å². The standard InChI is InChI=1S/C14H16N2O2/c1-15-9-14(17)16-11-7-10-5-3-4-6-12(10)13(8-11)18-2/h3-8,15H,9H2,1-2H3,(H,16,17). The highest BCUT2D eigenvalue weighted by atomic mass is 16.5. The van der Waals surface area contributed by atoms with E-state index in [4.69, 9.17) is 4.74 Å². The molecule has 18 heavy (non-hydrogen) atoms. The van der Waals surface area contributed by atoms with Crippen molar-refractivity contribution in [2.24, 2.45) is 0 Å². The number of benzene rings is 2. The van der Waals surface area contributed by atoms with Crippen molar-refractivity contribution in [1.82, 2.24) is 5.32 Å². The molecule has 0 heterocycles. The van der Waals surface area contributed by atoms with Crippen LogP contribution in [-0.2, 0) is 4.79 Å². The number of carbonyl (C=O) groups is 1. The third-order valence-corrected chi connectivity index (χ3v) is 2.66. The van der Waals surface area contributed by atoms with E-state index in [1.165, 1.54) is 0 Å². The third kappa shape index (κ3) is 2.60. The first-order chi connectivity index (χ1) is 8.74. The number of fused-ring (bicyclic) bond motifs is 1. The summed E-state index contributed by atoms with van der Waals surface area (Å²) in [5.41, 5.74) is 0.741. The number of carbonyl (C=O) groups excluding carboxylic acids is 1. The van der Waals surface area contributed by atoms with E-state index in [-0.39, 0.29) is 12.5 Å². The van der Waals surface area contributed by atoms with Crippen molar-refractivity contribution in [2.75, 3.05) is 26.0 Å². The molecule has 0 bridgehead atoms. The molecule has 0 radical (unpaired) electrons. The molecule has 4 nitrogen and oxygen atoms in total. The summed E-state index contributed by atoms with van der Waals surface area (Å²) in [6.45, 7) is 0.287. The lowest BCUT2D eigenvalue weighted by Crippen LogP contribution is -2.25. The lowest BCUT2D eigenvalue weighted by atomic mass is 10.1. The molecule has 4 heteroatoms. The number of hydrogen-bond acceptors (Lipinski definition) is 3. The molecule has 1 amide bonds. The average molecular weight is 244 g/mol. The van der Waals surface area contributed by atoms with Crippen molar-refractivity contribution < 1.29 is 9.53 Å². The summed E-state index contributed by atoms with van der Waals surface area (Å²) in [7, 11) is 3.36. The SMILES string of the molecule is CNCC(=O)Nc1cc(OC)c2ccccc2c1. The molecule has 94 valence electrons. The van der Waals surface area contributed by atoms with Crippen LogP contribution in [0.2, 0.25) is 0 Å². The fraction of sp³-hybridized carbons (Fsp3) is 0.214. The summed E-state index contributed by atoms with van der Waals surface area (Å²) in [6, 6.07) is 11.7. The van der Waals surface area contributed by atoms with Crippen LogP contribution in [0.25, 0.3) is 10.8 Å². The number of hydrogen-bond donors (Lipinski definition) is 2. The Morgan fingerprint density at radius 2 is 2.06 bits per heavy atom. The van der Waals surface area contributed by atoms with Gasteiger partial charge in [0.15, 0.2) is 0 Å². The molecule has 2 N–H and O–H groups in total. The van der Waals surface area contributed by atoms with Gasteiger partial charge in [0.2, 0.25) is 5.91 Å². The van der Waals surface area contributed by atoms with Crippen LogP contribution in [0.15, 0.2) is 36.4 Å². The molecule has 0 aliphatic carbocycles. The monoisotopic (exact) mass is 244 g/mol. The van der Waals surface area contributed by atoms with Crippen LogP contribution in [0, 0.1) is 0 Å². The molecule has 2 aromatic rings. The fourth-order valence-corrected chi connectivity index (χ4v) is 1.88. The van der Waals surface area contributed by atoms with Crippen molar-refractivity contribution in [3.8, 4) is 5.75 Å². The Morgan fingerprint density at radius 1 is 1.28 bits per heavy atom. The van der Waals surface area contributed by atoms with Gasteiger partial charge in [-0.05, 0) is 18.5 Å². The topological polar surface area (TPSA) is 50.4 Å². The molecule has 0 fully saturated rings. The Labute approximate surface area is 106 Å². The van der Waals surface area contributed by atoms with E-state index in [1.807, 2.05) is 36.4 Å². The number of rotatable bonds is 4. The van der Waals surface area contributed by atoms with Crippen LogP contribution in [0.4, 0.5) is 5.69 Å². The first-order valence-corrected chi connectivity index (χ1v) is 5.76. The number of methoxy groups -OCH3 is 1. The molecule has 0 unspecified atom stereocenters. The first kappa shape index (κ1) is 12.4. The molecule has 0 aromatic heterocycles. The molecule has 0 saturated carbocycles. The van der Waals surface area contributed by atoms with E-state index in [9.17, 15) is 4.79 Å². The highest BCUT2D eigenvalue weighted by Gasteiger charge is 2.06. The molecule has 2 aromatic carbocycles. The summed E-state index contributed by atoms with van der Waals surface area (Å²) in [5, 5.41) is 7.71. The van der Waals surface area contributed by atoms with E-state index >= 15 is 0 Å². The van der Waals surface area contributed by atoms with Gasteiger partial charge in [-0.25, -0.2) is 0 Å². The van der Waals surface area contributed by atoms with Crippen LogP contribution < -0.4 is 15.4 Å². The van der Waals surface area contributed by atoms with Crippen LogP contribution in [-0.4, -0.2) is 26.6 Å². The second kappa shape index (κ2) is 5.51. The molecule has 0 spiro atoms. The number of anilines is 1. The van der Waals surface area contributed by atoms with E-state index in [1.54, 1.807) is 14.2 Å². The predicted octanol–water partition coefficient (Wildman–Crippen LogP) is 2.01. The zero-order valence-corrected chi connectivity index (χ0v) is 10.5. The van der Waals surface area contributed by atoms with Gasteiger partial charge in [0.05, 0.1) is 13.7 Å². The van der Waals surface area contributed by atoms with Crippen LogP contribution in [0.3, 0.4) is 0 Å². The van der Waals surface area contributed by atoms with Gasteiger partial charge in [0.25, 0.3) is 0 Å². The molecular formula is C14H16N2O2.